The molecule has 0 aliphatic rings. The molecule has 0 radical (unpaired) electrons. The number of thiol groups is 1. The first kappa shape index (κ1) is 5.84. The molecule has 3 nitrogen and oxygen atoms in total. The first-order valence-electron chi connectivity index (χ1n) is 1.89. The summed E-state index contributed by atoms with van der Waals surface area (Å²) < 4.78 is 8.49. The van der Waals surface area contributed by atoms with Crippen molar-refractivity contribution in [1.82, 2.24) is 9.36 Å². The fraction of sp³-hybridized carbons (Fsp3) is 0.333. The SMILES string of the molecule is COc1nc(S)ns1. The van der Waals surface area contributed by atoms with Gasteiger partial charge in [0.2, 0.25) is 5.16 Å². The van der Waals surface area contributed by atoms with Crippen molar-refractivity contribution in [1.29, 1.82) is 0 Å². The molecule has 0 aromatic carbocycles. The Morgan fingerprint density at radius 3 is 2.75 bits per heavy atom. The monoisotopic (exact) mass is 148 g/mol. The zero-order valence-electron chi connectivity index (χ0n) is 4.16. The van der Waals surface area contributed by atoms with Gasteiger partial charge in [0, 0.05) is 11.5 Å². The van der Waals surface area contributed by atoms with Crippen molar-refractivity contribution in [2.75, 3.05) is 7.11 Å². The summed E-state index contributed by atoms with van der Waals surface area (Å²) in [4.78, 5) is 3.78. The third kappa shape index (κ3) is 1.10. The van der Waals surface area contributed by atoms with Crippen LogP contribution in [0.5, 0.6) is 5.19 Å². The standard InChI is InChI=1S/C3H4N2OS2/c1-6-3-4-2(7)5-8-3/h1H3,(H,5,7). The van der Waals surface area contributed by atoms with E-state index in [0.29, 0.717) is 10.4 Å². The van der Waals surface area contributed by atoms with Gasteiger partial charge < -0.3 is 4.74 Å². The molecule has 1 rings (SSSR count). The van der Waals surface area contributed by atoms with E-state index in [9.17, 15) is 0 Å². The molecule has 0 fully saturated rings. The van der Waals surface area contributed by atoms with Crippen LogP contribution in [-0.4, -0.2) is 16.5 Å². The first-order chi connectivity index (χ1) is 3.83. The number of nitrogens with zero attached hydrogens (tertiary/aromatic N) is 2. The molecule has 8 heavy (non-hydrogen) atoms. The van der Waals surface area contributed by atoms with Crippen molar-refractivity contribution >= 4 is 24.2 Å². The van der Waals surface area contributed by atoms with Gasteiger partial charge in [0.15, 0.2) is 0 Å². The van der Waals surface area contributed by atoms with E-state index in [-0.39, 0.29) is 0 Å². The molecule has 0 spiro atoms. The second-order valence-corrected chi connectivity index (χ2v) is 2.18. The lowest BCUT2D eigenvalue weighted by Crippen LogP contribution is -1.78. The summed E-state index contributed by atoms with van der Waals surface area (Å²) in [6, 6.07) is 0. The van der Waals surface area contributed by atoms with E-state index < -0.39 is 0 Å². The van der Waals surface area contributed by atoms with Gasteiger partial charge in [0.25, 0.3) is 5.19 Å². The van der Waals surface area contributed by atoms with E-state index >= 15 is 0 Å². The van der Waals surface area contributed by atoms with Gasteiger partial charge in [-0.3, -0.25) is 0 Å². The predicted molar refractivity (Wildman–Crippen MR) is 33.7 cm³/mol. The summed E-state index contributed by atoms with van der Waals surface area (Å²) in [5, 5.41) is 1.02. The second-order valence-electron chi connectivity index (χ2n) is 1.06. The van der Waals surface area contributed by atoms with E-state index in [1.807, 2.05) is 0 Å². The van der Waals surface area contributed by atoms with Gasteiger partial charge in [-0.1, -0.05) is 0 Å². The van der Waals surface area contributed by atoms with Gasteiger partial charge in [-0.2, -0.15) is 9.36 Å². The lowest BCUT2D eigenvalue weighted by molar-refractivity contribution is 0.409. The van der Waals surface area contributed by atoms with E-state index in [4.69, 9.17) is 4.74 Å². The highest BCUT2D eigenvalue weighted by atomic mass is 32.1. The van der Waals surface area contributed by atoms with Gasteiger partial charge in [-0.25, -0.2) is 0 Å². The Labute approximate surface area is 56.3 Å². The average Bonchev–Trinajstić information content (AvgIpc) is 2.14. The van der Waals surface area contributed by atoms with Crippen LogP contribution >= 0.6 is 24.2 Å². The third-order valence-corrected chi connectivity index (χ3v) is 1.58. The topological polar surface area (TPSA) is 35.0 Å². The maximum atomic E-state index is 4.73. The summed E-state index contributed by atoms with van der Waals surface area (Å²) in [6.07, 6.45) is 0. The van der Waals surface area contributed by atoms with Crippen LogP contribution < -0.4 is 4.74 Å². The number of ether oxygens (including phenoxy) is 1. The summed E-state index contributed by atoms with van der Waals surface area (Å²) in [7, 11) is 1.55. The number of methoxy groups -OCH3 is 1. The molecule has 5 heteroatoms. The molecule has 1 aromatic rings. The van der Waals surface area contributed by atoms with Crippen LogP contribution in [-0.2, 0) is 0 Å². The number of aromatic nitrogens is 2. The predicted octanol–water partition coefficient (Wildman–Crippen LogP) is 0.835. The zero-order chi connectivity index (χ0) is 5.98. The lowest BCUT2D eigenvalue weighted by Gasteiger charge is -1.83. The molecule has 0 saturated heterocycles. The van der Waals surface area contributed by atoms with Gasteiger partial charge in [0.05, 0.1) is 7.11 Å². The Hall–Kier alpha value is -0.290. The summed E-state index contributed by atoms with van der Waals surface area (Å²) in [5.74, 6) is 0. The molecule has 1 aromatic heterocycles. The minimum atomic E-state index is 0.465. The molecule has 0 aliphatic carbocycles. The molecule has 0 amide bonds. The van der Waals surface area contributed by atoms with Gasteiger partial charge in [0.1, 0.15) is 0 Å². The summed E-state index contributed by atoms with van der Waals surface area (Å²) in [6.45, 7) is 0. The van der Waals surface area contributed by atoms with Crippen LogP contribution in [0, 0.1) is 0 Å². The van der Waals surface area contributed by atoms with E-state index in [1.54, 1.807) is 7.11 Å². The van der Waals surface area contributed by atoms with Crippen molar-refractivity contribution in [2.45, 2.75) is 5.16 Å². The van der Waals surface area contributed by atoms with E-state index in [1.165, 1.54) is 11.5 Å². The molecule has 0 bridgehead atoms. The number of hydrogen-bond acceptors (Lipinski definition) is 5. The second kappa shape index (κ2) is 2.32. The molecule has 0 unspecified atom stereocenters. The lowest BCUT2D eigenvalue weighted by atomic mass is 11.2. The molecular formula is C3H4N2OS2. The van der Waals surface area contributed by atoms with Crippen molar-refractivity contribution in [3.05, 3.63) is 0 Å². The van der Waals surface area contributed by atoms with Crippen molar-refractivity contribution < 1.29 is 4.74 Å². The van der Waals surface area contributed by atoms with E-state index in [0.717, 1.165) is 0 Å². The Balaban J connectivity index is 2.84. The Morgan fingerprint density at radius 1 is 1.75 bits per heavy atom. The van der Waals surface area contributed by atoms with Crippen molar-refractivity contribution in [3.63, 3.8) is 0 Å². The summed E-state index contributed by atoms with van der Waals surface area (Å²) >= 11 is 5.06. The minimum Gasteiger partial charge on any atom is -0.472 e. The van der Waals surface area contributed by atoms with Crippen LogP contribution in [0.15, 0.2) is 5.16 Å². The zero-order valence-corrected chi connectivity index (χ0v) is 5.87. The maximum Gasteiger partial charge on any atom is 0.293 e. The Morgan fingerprint density at radius 2 is 2.50 bits per heavy atom. The largest absolute Gasteiger partial charge is 0.472 e. The third-order valence-electron chi connectivity index (χ3n) is 0.571. The molecule has 1 heterocycles. The molecular weight excluding hydrogens is 144 g/mol. The maximum absolute atomic E-state index is 4.73. The molecule has 0 atom stereocenters. The fourth-order valence-electron chi connectivity index (χ4n) is 0.285. The van der Waals surface area contributed by atoms with Crippen molar-refractivity contribution in [3.8, 4) is 5.19 Å². The van der Waals surface area contributed by atoms with Crippen LogP contribution in [0.3, 0.4) is 0 Å². The Bertz CT molecular complexity index is 176. The van der Waals surface area contributed by atoms with Crippen LogP contribution in [0.4, 0.5) is 0 Å². The van der Waals surface area contributed by atoms with Crippen molar-refractivity contribution in [2.24, 2.45) is 0 Å². The van der Waals surface area contributed by atoms with E-state index in [2.05, 4.69) is 22.0 Å². The van der Waals surface area contributed by atoms with Gasteiger partial charge in [-0.05, 0) is 0 Å². The normalized spacial score (nSPS) is 9.25. The quantitative estimate of drug-likeness (QED) is 0.599. The van der Waals surface area contributed by atoms with Crippen LogP contribution in [0.25, 0.3) is 0 Å². The first-order valence-corrected chi connectivity index (χ1v) is 3.11. The summed E-state index contributed by atoms with van der Waals surface area (Å²) in [5.41, 5.74) is 0. The average molecular weight is 148 g/mol. The molecule has 0 N–H and O–H groups in total. The number of hydrogen-bond donors (Lipinski definition) is 1. The highest BCUT2D eigenvalue weighted by Crippen LogP contribution is 2.14. The van der Waals surface area contributed by atoms with Gasteiger partial charge in [-0.15, -0.1) is 12.6 Å². The molecule has 44 valence electrons. The fourth-order valence-corrected chi connectivity index (χ4v) is 0.969. The smallest absolute Gasteiger partial charge is 0.293 e. The highest BCUT2D eigenvalue weighted by Gasteiger charge is 1.95. The Kier molecular flexibility index (Phi) is 1.69. The molecule has 0 saturated carbocycles. The molecule has 0 aliphatic heterocycles. The minimum absolute atomic E-state index is 0.465. The van der Waals surface area contributed by atoms with Crippen LogP contribution in [0.2, 0.25) is 0 Å². The number of rotatable bonds is 1. The van der Waals surface area contributed by atoms with Crippen LogP contribution in [0.1, 0.15) is 0 Å². The van der Waals surface area contributed by atoms with Gasteiger partial charge >= 0.3 is 0 Å². The highest BCUT2D eigenvalue weighted by molar-refractivity contribution is 7.80.